The Morgan fingerprint density at radius 1 is 1.62 bits per heavy atom. The van der Waals surface area contributed by atoms with Gasteiger partial charge in [0.2, 0.25) is 10.0 Å². The van der Waals surface area contributed by atoms with Crippen molar-refractivity contribution in [2.75, 3.05) is 0 Å². The molecule has 0 bridgehead atoms. The molecule has 6 heteroatoms. The second kappa shape index (κ2) is 3.12. The topological polar surface area (TPSA) is 74.8 Å². The van der Waals surface area contributed by atoms with Gasteiger partial charge >= 0.3 is 0 Å². The van der Waals surface area contributed by atoms with Gasteiger partial charge in [-0.05, 0) is 12.8 Å². The molecule has 5 nitrogen and oxygen atoms in total. The highest BCUT2D eigenvalue weighted by atomic mass is 32.2. The third-order valence-corrected chi connectivity index (χ3v) is 3.85. The van der Waals surface area contributed by atoms with Gasteiger partial charge in [-0.1, -0.05) is 0 Å². The molecule has 13 heavy (non-hydrogen) atoms. The van der Waals surface area contributed by atoms with Crippen LogP contribution in [0.1, 0.15) is 18.7 Å². The lowest BCUT2D eigenvalue weighted by Gasteiger charge is -2.02. The van der Waals surface area contributed by atoms with Crippen molar-refractivity contribution in [3.05, 3.63) is 18.2 Å². The van der Waals surface area contributed by atoms with E-state index in [0.29, 0.717) is 5.82 Å². The summed E-state index contributed by atoms with van der Waals surface area (Å²) in [5, 5.41) is -0.164. The number of sulfonamides is 1. The molecule has 0 amide bonds. The quantitative estimate of drug-likeness (QED) is 0.719. The summed E-state index contributed by atoms with van der Waals surface area (Å²) >= 11 is 0. The number of aromatic nitrogens is 2. The number of aromatic amines is 1. The molecule has 72 valence electrons. The smallest absolute Gasteiger partial charge is 0.214 e. The monoisotopic (exact) mass is 201 g/mol. The molecule has 0 unspecified atom stereocenters. The molecule has 0 saturated heterocycles. The average Bonchev–Trinajstić information content (AvgIpc) is 2.82. The summed E-state index contributed by atoms with van der Waals surface area (Å²) in [6.07, 6.45) is 4.84. The molecule has 0 radical (unpaired) electrons. The Hall–Kier alpha value is -0.880. The standard InChI is InChI=1S/C7H11N3O2S/c11-13(12,6-1-2-6)10-5-7-8-3-4-9-7/h3-4,6,10H,1-2,5H2,(H,8,9). The van der Waals surface area contributed by atoms with E-state index >= 15 is 0 Å². The van der Waals surface area contributed by atoms with Gasteiger partial charge < -0.3 is 4.98 Å². The molecule has 1 saturated carbocycles. The van der Waals surface area contributed by atoms with Crippen molar-refractivity contribution in [3.63, 3.8) is 0 Å². The van der Waals surface area contributed by atoms with Crippen molar-refractivity contribution in [2.45, 2.75) is 24.6 Å². The first-order chi connectivity index (χ1) is 6.18. The zero-order valence-corrected chi connectivity index (χ0v) is 7.84. The molecule has 0 aliphatic heterocycles. The van der Waals surface area contributed by atoms with Crippen LogP contribution in [0.15, 0.2) is 12.4 Å². The first-order valence-electron chi connectivity index (χ1n) is 4.15. The van der Waals surface area contributed by atoms with Gasteiger partial charge in [-0.15, -0.1) is 0 Å². The summed E-state index contributed by atoms with van der Waals surface area (Å²) in [6, 6.07) is 0. The third kappa shape index (κ3) is 2.07. The fraction of sp³-hybridized carbons (Fsp3) is 0.571. The molecule has 0 aromatic carbocycles. The van der Waals surface area contributed by atoms with E-state index in [1.807, 2.05) is 0 Å². The van der Waals surface area contributed by atoms with Crippen molar-refractivity contribution >= 4 is 10.0 Å². The first kappa shape index (κ1) is 8.71. The summed E-state index contributed by atoms with van der Waals surface area (Å²) in [7, 11) is -3.07. The van der Waals surface area contributed by atoms with Crippen LogP contribution in [0, 0.1) is 0 Å². The molecule has 1 heterocycles. The average molecular weight is 201 g/mol. The van der Waals surface area contributed by atoms with E-state index in [-0.39, 0.29) is 11.8 Å². The Morgan fingerprint density at radius 2 is 2.38 bits per heavy atom. The Bertz CT molecular complexity index is 366. The van der Waals surface area contributed by atoms with Crippen LogP contribution in [0.2, 0.25) is 0 Å². The number of imidazole rings is 1. The molecule has 1 aromatic rings. The van der Waals surface area contributed by atoms with Gasteiger partial charge in [-0.3, -0.25) is 0 Å². The molecule has 1 aliphatic rings. The maximum atomic E-state index is 11.3. The molecule has 1 aliphatic carbocycles. The van der Waals surface area contributed by atoms with Gasteiger partial charge in [0.1, 0.15) is 5.82 Å². The van der Waals surface area contributed by atoms with Gasteiger partial charge in [0.15, 0.2) is 0 Å². The van der Waals surface area contributed by atoms with E-state index in [1.165, 1.54) is 0 Å². The van der Waals surface area contributed by atoms with Crippen molar-refractivity contribution in [1.82, 2.24) is 14.7 Å². The van der Waals surface area contributed by atoms with Crippen molar-refractivity contribution in [1.29, 1.82) is 0 Å². The number of nitrogens with zero attached hydrogens (tertiary/aromatic N) is 1. The fourth-order valence-corrected chi connectivity index (χ4v) is 2.39. The second-order valence-electron chi connectivity index (χ2n) is 3.10. The lowest BCUT2D eigenvalue weighted by molar-refractivity contribution is 0.578. The Balaban J connectivity index is 1.92. The maximum Gasteiger partial charge on any atom is 0.214 e. The van der Waals surface area contributed by atoms with Crippen LogP contribution in [0.5, 0.6) is 0 Å². The minimum absolute atomic E-state index is 0.164. The van der Waals surface area contributed by atoms with Gasteiger partial charge in [0.25, 0.3) is 0 Å². The van der Waals surface area contributed by atoms with Crippen LogP contribution in [-0.4, -0.2) is 23.6 Å². The van der Waals surface area contributed by atoms with E-state index in [0.717, 1.165) is 12.8 Å². The summed E-state index contributed by atoms with van der Waals surface area (Å²) < 4.78 is 25.2. The van der Waals surface area contributed by atoms with Crippen molar-refractivity contribution < 1.29 is 8.42 Å². The van der Waals surface area contributed by atoms with Crippen LogP contribution in [0.3, 0.4) is 0 Å². The number of H-pyrrole nitrogens is 1. The van der Waals surface area contributed by atoms with Gasteiger partial charge in [-0.2, -0.15) is 0 Å². The highest BCUT2D eigenvalue weighted by Crippen LogP contribution is 2.27. The molecular weight excluding hydrogens is 190 g/mol. The van der Waals surface area contributed by atoms with E-state index in [1.54, 1.807) is 12.4 Å². The molecule has 2 rings (SSSR count). The van der Waals surface area contributed by atoms with Gasteiger partial charge in [0.05, 0.1) is 11.8 Å². The van der Waals surface area contributed by atoms with Gasteiger partial charge in [0, 0.05) is 12.4 Å². The summed E-state index contributed by atoms with van der Waals surface area (Å²) in [6.45, 7) is 0.256. The predicted molar refractivity (Wildman–Crippen MR) is 47.4 cm³/mol. The maximum absolute atomic E-state index is 11.3. The Kier molecular flexibility index (Phi) is 2.09. The van der Waals surface area contributed by atoms with Crippen LogP contribution in [0.25, 0.3) is 0 Å². The summed E-state index contributed by atoms with van der Waals surface area (Å²) in [4.78, 5) is 6.75. The second-order valence-corrected chi connectivity index (χ2v) is 5.15. The van der Waals surface area contributed by atoms with E-state index in [9.17, 15) is 8.42 Å². The van der Waals surface area contributed by atoms with Crippen LogP contribution >= 0.6 is 0 Å². The third-order valence-electron chi connectivity index (χ3n) is 1.96. The lowest BCUT2D eigenvalue weighted by Crippen LogP contribution is -2.27. The Labute approximate surface area is 76.6 Å². The van der Waals surface area contributed by atoms with E-state index in [2.05, 4.69) is 14.7 Å². The van der Waals surface area contributed by atoms with Crippen molar-refractivity contribution in [2.24, 2.45) is 0 Å². The molecule has 1 aromatic heterocycles. The summed E-state index contributed by atoms with van der Waals surface area (Å²) in [5.74, 6) is 0.643. The number of rotatable bonds is 4. The number of hydrogen-bond donors (Lipinski definition) is 2. The van der Waals surface area contributed by atoms with Crippen LogP contribution in [-0.2, 0) is 16.6 Å². The minimum Gasteiger partial charge on any atom is -0.347 e. The fourth-order valence-electron chi connectivity index (χ4n) is 1.06. The minimum atomic E-state index is -3.07. The molecular formula is C7H11N3O2S. The van der Waals surface area contributed by atoms with E-state index in [4.69, 9.17) is 0 Å². The SMILES string of the molecule is O=S(=O)(NCc1ncc[nH]1)C1CC1. The van der Waals surface area contributed by atoms with Crippen molar-refractivity contribution in [3.8, 4) is 0 Å². The zero-order valence-electron chi connectivity index (χ0n) is 7.03. The molecule has 1 fully saturated rings. The number of hydrogen-bond acceptors (Lipinski definition) is 3. The normalized spacial score (nSPS) is 17.5. The predicted octanol–water partition coefficient (Wildman–Crippen LogP) is -0.00850. The zero-order chi connectivity index (χ0) is 9.31. The highest BCUT2D eigenvalue weighted by Gasteiger charge is 2.35. The Morgan fingerprint density at radius 3 is 2.92 bits per heavy atom. The summed E-state index contributed by atoms with van der Waals surface area (Å²) in [5.41, 5.74) is 0. The molecule has 0 atom stereocenters. The van der Waals surface area contributed by atoms with Gasteiger partial charge in [-0.25, -0.2) is 18.1 Å². The largest absolute Gasteiger partial charge is 0.347 e. The molecule has 0 spiro atoms. The highest BCUT2D eigenvalue weighted by molar-refractivity contribution is 7.90. The van der Waals surface area contributed by atoms with Crippen LogP contribution in [0.4, 0.5) is 0 Å². The van der Waals surface area contributed by atoms with E-state index < -0.39 is 10.0 Å². The lowest BCUT2D eigenvalue weighted by atomic mass is 10.6. The number of nitrogens with one attached hydrogen (secondary N) is 2. The molecule has 2 N–H and O–H groups in total. The first-order valence-corrected chi connectivity index (χ1v) is 5.70. The van der Waals surface area contributed by atoms with Crippen LogP contribution < -0.4 is 4.72 Å².